The topological polar surface area (TPSA) is 72.2 Å². The van der Waals surface area contributed by atoms with E-state index in [1.54, 1.807) is 32.9 Å². The molecule has 0 saturated heterocycles. The predicted molar refractivity (Wildman–Crippen MR) is 92.6 cm³/mol. The van der Waals surface area contributed by atoms with E-state index in [2.05, 4.69) is 10.5 Å². The van der Waals surface area contributed by atoms with Crippen molar-refractivity contribution < 1.29 is 12.9 Å². The van der Waals surface area contributed by atoms with Crippen molar-refractivity contribution in [3.8, 4) is 0 Å². The Kier molecular flexibility index (Phi) is 4.94. The highest BCUT2D eigenvalue weighted by Crippen LogP contribution is 2.30. The van der Waals surface area contributed by atoms with Crippen LogP contribution >= 0.6 is 0 Å². The van der Waals surface area contributed by atoms with Crippen molar-refractivity contribution in [1.29, 1.82) is 0 Å². The van der Waals surface area contributed by atoms with Gasteiger partial charge in [-0.15, -0.1) is 0 Å². The lowest BCUT2D eigenvalue weighted by atomic mass is 10.1. The summed E-state index contributed by atoms with van der Waals surface area (Å²) in [6.45, 7) is 8.97. The van der Waals surface area contributed by atoms with Gasteiger partial charge in [0.2, 0.25) is 0 Å². The van der Waals surface area contributed by atoms with Crippen molar-refractivity contribution in [2.75, 3.05) is 5.32 Å². The monoisotopic (exact) mass is 334 g/mol. The van der Waals surface area contributed by atoms with Gasteiger partial charge in [-0.05, 0) is 57.9 Å². The van der Waals surface area contributed by atoms with E-state index in [4.69, 9.17) is 4.52 Å². The van der Waals surface area contributed by atoms with Gasteiger partial charge in [-0.25, -0.2) is 8.42 Å². The lowest BCUT2D eigenvalue weighted by Crippen LogP contribution is -2.16. The van der Waals surface area contributed by atoms with Crippen LogP contribution in [-0.4, -0.2) is 18.8 Å². The number of aryl methyl sites for hydroxylation is 1. The summed E-state index contributed by atoms with van der Waals surface area (Å²) in [4.78, 5) is 0.327. The minimum Gasteiger partial charge on any atom is -0.360 e. The third-order valence-electron chi connectivity index (χ3n) is 3.67. The van der Waals surface area contributed by atoms with Gasteiger partial charge in [-0.3, -0.25) is 0 Å². The molecular weight excluding hydrogens is 312 g/mol. The van der Waals surface area contributed by atoms with Gasteiger partial charge < -0.3 is 9.84 Å². The molecule has 0 aliphatic heterocycles. The molecule has 0 unspecified atom stereocenters. The Bertz CT molecular complexity index is 833. The maximum absolute atomic E-state index is 12.7. The van der Waals surface area contributed by atoms with E-state index in [0.717, 1.165) is 11.1 Å². The molecule has 1 heterocycles. The summed E-state index contributed by atoms with van der Waals surface area (Å²) in [6.07, 6.45) is 1.91. The average Bonchev–Trinajstić information content (AvgIpc) is 2.91. The Balaban J connectivity index is 2.53. The van der Waals surface area contributed by atoms with Crippen LogP contribution in [0.15, 0.2) is 39.8 Å². The Morgan fingerprint density at radius 3 is 2.52 bits per heavy atom. The molecular formula is C17H22N2O3S. The maximum atomic E-state index is 12.7. The maximum Gasteiger partial charge on any atom is 0.181 e. The lowest BCUT2D eigenvalue weighted by molar-refractivity contribution is 0.400. The first kappa shape index (κ1) is 17.3. The second-order valence-corrected chi connectivity index (χ2v) is 8.20. The van der Waals surface area contributed by atoms with Crippen molar-refractivity contribution in [2.45, 2.75) is 44.8 Å². The molecule has 0 fully saturated rings. The molecule has 6 heteroatoms. The van der Waals surface area contributed by atoms with Crippen LogP contribution in [0.25, 0.3) is 5.57 Å². The summed E-state index contributed by atoms with van der Waals surface area (Å²) in [5.74, 6) is 1.23. The normalized spacial score (nSPS) is 12.7. The average molecular weight is 334 g/mol. The molecule has 0 saturated carbocycles. The highest BCUT2D eigenvalue weighted by Gasteiger charge is 2.23. The van der Waals surface area contributed by atoms with Gasteiger partial charge >= 0.3 is 0 Å². The summed E-state index contributed by atoms with van der Waals surface area (Å²) in [5, 5.41) is 6.45. The number of benzene rings is 1. The SMILES string of the molecule is C/C=C(\C)c1ccc(Nc2cc(C)on2)cc1S(=O)(=O)C(C)C. The fourth-order valence-corrected chi connectivity index (χ4v) is 3.48. The summed E-state index contributed by atoms with van der Waals surface area (Å²) in [5.41, 5.74) is 2.31. The van der Waals surface area contributed by atoms with E-state index >= 15 is 0 Å². The first-order valence-corrected chi connectivity index (χ1v) is 9.02. The molecule has 0 aliphatic carbocycles. The quantitative estimate of drug-likeness (QED) is 0.881. The second-order valence-electron chi connectivity index (χ2n) is 5.72. The minimum absolute atomic E-state index is 0.327. The largest absolute Gasteiger partial charge is 0.360 e. The van der Waals surface area contributed by atoms with E-state index < -0.39 is 15.1 Å². The Morgan fingerprint density at radius 2 is 2.00 bits per heavy atom. The van der Waals surface area contributed by atoms with Gasteiger partial charge in [-0.1, -0.05) is 17.3 Å². The number of aromatic nitrogens is 1. The minimum atomic E-state index is -3.40. The molecule has 2 aromatic rings. The zero-order valence-electron chi connectivity index (χ0n) is 14.0. The van der Waals surface area contributed by atoms with Crippen LogP contribution < -0.4 is 5.32 Å². The fourth-order valence-electron chi connectivity index (χ4n) is 2.14. The van der Waals surface area contributed by atoms with Gasteiger partial charge in [0, 0.05) is 11.8 Å². The lowest BCUT2D eigenvalue weighted by Gasteiger charge is -2.15. The van der Waals surface area contributed by atoms with E-state index in [1.165, 1.54) is 0 Å². The Hall–Kier alpha value is -2.08. The fraction of sp³-hybridized carbons (Fsp3) is 0.353. The molecule has 23 heavy (non-hydrogen) atoms. The highest BCUT2D eigenvalue weighted by molar-refractivity contribution is 7.92. The molecule has 0 radical (unpaired) electrons. The van der Waals surface area contributed by atoms with Crippen molar-refractivity contribution in [1.82, 2.24) is 5.16 Å². The van der Waals surface area contributed by atoms with Crippen LogP contribution in [-0.2, 0) is 9.84 Å². The smallest absolute Gasteiger partial charge is 0.181 e. The first-order valence-electron chi connectivity index (χ1n) is 7.47. The predicted octanol–water partition coefficient (Wildman–Crippen LogP) is 4.33. The third kappa shape index (κ3) is 3.64. The molecule has 0 aliphatic rings. The molecule has 1 aromatic heterocycles. The van der Waals surface area contributed by atoms with Crippen molar-refractivity contribution >= 4 is 26.9 Å². The molecule has 0 atom stereocenters. The molecule has 5 nitrogen and oxygen atoms in total. The summed E-state index contributed by atoms with van der Waals surface area (Å²) < 4.78 is 30.4. The van der Waals surface area contributed by atoms with Gasteiger partial charge in [0.15, 0.2) is 15.7 Å². The number of allylic oxidation sites excluding steroid dienone is 2. The third-order valence-corrected chi connectivity index (χ3v) is 5.86. The van der Waals surface area contributed by atoms with E-state index in [0.29, 0.717) is 22.2 Å². The number of nitrogens with zero attached hydrogens (tertiary/aromatic N) is 1. The van der Waals surface area contributed by atoms with Crippen LogP contribution in [0.5, 0.6) is 0 Å². The van der Waals surface area contributed by atoms with Gasteiger partial charge in [-0.2, -0.15) is 0 Å². The number of hydrogen-bond donors (Lipinski definition) is 1. The van der Waals surface area contributed by atoms with Gasteiger partial charge in [0.05, 0.1) is 10.1 Å². The Labute approximate surface area is 137 Å². The van der Waals surface area contributed by atoms with E-state index in [9.17, 15) is 8.42 Å². The van der Waals surface area contributed by atoms with Crippen LogP contribution in [0.3, 0.4) is 0 Å². The number of nitrogens with one attached hydrogen (secondary N) is 1. The molecule has 0 spiro atoms. The number of hydrogen-bond acceptors (Lipinski definition) is 5. The van der Waals surface area contributed by atoms with Crippen LogP contribution in [0.4, 0.5) is 11.5 Å². The summed E-state index contributed by atoms with van der Waals surface area (Å²) in [7, 11) is -3.40. The molecule has 2 rings (SSSR count). The standard InChI is InChI=1S/C17H22N2O3S/c1-6-12(4)15-8-7-14(18-17-9-13(5)22-19-17)10-16(15)23(20,21)11(2)3/h6-11H,1-5H3,(H,18,19)/b12-6+. The first-order chi connectivity index (χ1) is 10.8. The van der Waals surface area contributed by atoms with E-state index in [1.807, 2.05) is 32.1 Å². The molecule has 0 amide bonds. The molecule has 124 valence electrons. The number of sulfone groups is 1. The van der Waals surface area contributed by atoms with Crippen LogP contribution in [0.1, 0.15) is 39.0 Å². The molecule has 1 N–H and O–H groups in total. The number of rotatable bonds is 5. The second kappa shape index (κ2) is 6.58. The summed E-state index contributed by atoms with van der Waals surface area (Å²) >= 11 is 0. The van der Waals surface area contributed by atoms with Crippen LogP contribution in [0.2, 0.25) is 0 Å². The van der Waals surface area contributed by atoms with E-state index in [-0.39, 0.29) is 0 Å². The Morgan fingerprint density at radius 1 is 1.30 bits per heavy atom. The zero-order chi connectivity index (χ0) is 17.2. The molecule has 1 aromatic carbocycles. The highest BCUT2D eigenvalue weighted by atomic mass is 32.2. The van der Waals surface area contributed by atoms with Crippen molar-refractivity contribution in [3.05, 3.63) is 41.7 Å². The van der Waals surface area contributed by atoms with Crippen molar-refractivity contribution in [2.24, 2.45) is 0 Å². The summed E-state index contributed by atoms with van der Waals surface area (Å²) in [6, 6.07) is 7.06. The van der Waals surface area contributed by atoms with Crippen molar-refractivity contribution in [3.63, 3.8) is 0 Å². The zero-order valence-corrected chi connectivity index (χ0v) is 14.9. The van der Waals surface area contributed by atoms with Gasteiger partial charge in [0.25, 0.3) is 0 Å². The molecule has 0 bridgehead atoms. The van der Waals surface area contributed by atoms with Crippen LogP contribution in [0, 0.1) is 6.92 Å². The number of anilines is 2. The van der Waals surface area contributed by atoms with Gasteiger partial charge in [0.1, 0.15) is 5.76 Å².